The van der Waals surface area contributed by atoms with Crippen molar-refractivity contribution in [3.05, 3.63) is 23.4 Å². The molecule has 0 fully saturated rings. The molecule has 1 heterocycles. The van der Waals surface area contributed by atoms with Crippen molar-refractivity contribution in [1.82, 2.24) is 4.57 Å². The van der Waals surface area contributed by atoms with Crippen molar-refractivity contribution < 1.29 is 9.53 Å². The number of aliphatic imine (C=N–C) groups is 1. The molecular weight excluding hydrogens is 228 g/mol. The van der Waals surface area contributed by atoms with E-state index in [4.69, 9.17) is 16.3 Å². The fraction of sp³-hybridized carbons (Fsp3) is 0.182. The van der Waals surface area contributed by atoms with Crippen LogP contribution in [0.4, 0.5) is 5.69 Å². The summed E-state index contributed by atoms with van der Waals surface area (Å²) in [4.78, 5) is 13.9. The van der Waals surface area contributed by atoms with E-state index in [1.54, 1.807) is 25.4 Å². The van der Waals surface area contributed by atoms with Crippen LogP contribution in [0.15, 0.2) is 23.3 Å². The average molecular weight is 237 g/mol. The van der Waals surface area contributed by atoms with Crippen LogP contribution in [-0.2, 0) is 11.8 Å². The van der Waals surface area contributed by atoms with Gasteiger partial charge >= 0.3 is 0 Å². The van der Waals surface area contributed by atoms with Crippen LogP contribution in [0.1, 0.15) is 0 Å². The minimum absolute atomic E-state index is 0.526. The molecule has 0 aliphatic heterocycles. The van der Waals surface area contributed by atoms with Crippen LogP contribution in [0.25, 0.3) is 10.9 Å². The quantitative estimate of drug-likeness (QED) is 0.594. The maximum absolute atomic E-state index is 10.3. The molecule has 82 valence electrons. The summed E-state index contributed by atoms with van der Waals surface area (Å²) in [6.07, 6.45) is 3.27. The Hall–Kier alpha value is -1.77. The first-order valence-corrected chi connectivity index (χ1v) is 4.95. The summed E-state index contributed by atoms with van der Waals surface area (Å²) in [6, 6.07) is 3.54. The van der Waals surface area contributed by atoms with E-state index in [-0.39, 0.29) is 0 Å². The number of aromatic nitrogens is 1. The molecule has 0 saturated carbocycles. The molecule has 0 unspecified atom stereocenters. The van der Waals surface area contributed by atoms with Gasteiger partial charge in [0.15, 0.2) is 0 Å². The number of rotatable bonds is 2. The highest BCUT2D eigenvalue weighted by Gasteiger charge is 2.10. The molecule has 0 radical (unpaired) electrons. The number of nitrogens with zero attached hydrogens (tertiary/aromatic N) is 2. The van der Waals surface area contributed by atoms with Gasteiger partial charge < -0.3 is 9.30 Å². The van der Waals surface area contributed by atoms with Crippen molar-refractivity contribution in [3.63, 3.8) is 0 Å². The first-order valence-electron chi connectivity index (χ1n) is 4.58. The molecule has 16 heavy (non-hydrogen) atoms. The number of isocyanates is 1. The predicted octanol–water partition coefficient (Wildman–Crippen LogP) is 2.81. The second kappa shape index (κ2) is 4.00. The number of ether oxygens (including phenoxy) is 1. The lowest BCUT2D eigenvalue weighted by molar-refractivity contribution is 0.415. The van der Waals surface area contributed by atoms with E-state index in [1.165, 1.54) is 6.08 Å². The van der Waals surface area contributed by atoms with Crippen molar-refractivity contribution in [2.45, 2.75) is 0 Å². The Morgan fingerprint density at radius 2 is 2.25 bits per heavy atom. The van der Waals surface area contributed by atoms with Gasteiger partial charge in [0.25, 0.3) is 0 Å². The summed E-state index contributed by atoms with van der Waals surface area (Å²) >= 11 is 6.02. The van der Waals surface area contributed by atoms with Crippen molar-refractivity contribution in [3.8, 4) is 5.75 Å². The highest BCUT2D eigenvalue weighted by molar-refractivity contribution is 6.33. The van der Waals surface area contributed by atoms with Crippen molar-refractivity contribution in [1.29, 1.82) is 0 Å². The molecule has 0 spiro atoms. The number of hydrogen-bond donors (Lipinski definition) is 0. The van der Waals surface area contributed by atoms with Gasteiger partial charge in [-0.2, -0.15) is 4.99 Å². The van der Waals surface area contributed by atoms with Gasteiger partial charge in [-0.25, -0.2) is 4.79 Å². The zero-order valence-electron chi connectivity index (χ0n) is 8.82. The summed E-state index contributed by atoms with van der Waals surface area (Å²) in [5.41, 5.74) is 1.45. The molecule has 0 atom stereocenters. The van der Waals surface area contributed by atoms with Gasteiger partial charge in [-0.3, -0.25) is 0 Å². The molecule has 1 aromatic heterocycles. The SMILES string of the molecule is COc1cc2c(N=C=O)cn(C)c2cc1Cl. The van der Waals surface area contributed by atoms with Gasteiger partial charge in [0, 0.05) is 18.6 Å². The smallest absolute Gasteiger partial charge is 0.240 e. The molecular formula is C11H9ClN2O2. The molecule has 0 bridgehead atoms. The van der Waals surface area contributed by atoms with Crippen LogP contribution >= 0.6 is 11.6 Å². The second-order valence-electron chi connectivity index (χ2n) is 3.33. The van der Waals surface area contributed by atoms with E-state index < -0.39 is 0 Å². The Balaban J connectivity index is 2.82. The summed E-state index contributed by atoms with van der Waals surface area (Å²) in [5.74, 6) is 0.558. The Morgan fingerprint density at radius 3 is 2.88 bits per heavy atom. The van der Waals surface area contributed by atoms with Gasteiger partial charge in [-0.1, -0.05) is 11.6 Å². The number of fused-ring (bicyclic) bond motifs is 1. The van der Waals surface area contributed by atoms with Crippen LogP contribution < -0.4 is 4.74 Å². The van der Waals surface area contributed by atoms with Crippen LogP contribution in [0.3, 0.4) is 0 Å². The number of methoxy groups -OCH3 is 1. The zero-order chi connectivity index (χ0) is 11.7. The Morgan fingerprint density at radius 1 is 1.50 bits per heavy atom. The van der Waals surface area contributed by atoms with Crippen molar-refractivity contribution in [2.75, 3.05) is 7.11 Å². The summed E-state index contributed by atoms with van der Waals surface area (Å²) in [7, 11) is 3.40. The largest absolute Gasteiger partial charge is 0.495 e. The monoisotopic (exact) mass is 236 g/mol. The van der Waals surface area contributed by atoms with Crippen LogP contribution in [0.2, 0.25) is 5.02 Å². The molecule has 0 amide bonds. The number of halogens is 1. The Labute approximate surface area is 97.1 Å². The molecule has 0 aliphatic rings. The number of aryl methyl sites for hydroxylation is 1. The third kappa shape index (κ3) is 1.58. The lowest BCUT2D eigenvalue weighted by atomic mass is 10.2. The first kappa shape index (κ1) is 10.7. The Kier molecular flexibility index (Phi) is 2.69. The van der Waals surface area contributed by atoms with E-state index in [0.717, 1.165) is 10.9 Å². The molecule has 0 N–H and O–H groups in total. The summed E-state index contributed by atoms with van der Waals surface area (Å²) in [5, 5.41) is 1.34. The van der Waals surface area contributed by atoms with Crippen molar-refractivity contribution >= 4 is 34.3 Å². The van der Waals surface area contributed by atoms with E-state index in [1.807, 2.05) is 11.6 Å². The van der Waals surface area contributed by atoms with Gasteiger partial charge in [0.1, 0.15) is 11.4 Å². The lowest BCUT2D eigenvalue weighted by Crippen LogP contribution is -1.86. The topological polar surface area (TPSA) is 43.6 Å². The van der Waals surface area contributed by atoms with Gasteiger partial charge in [0.2, 0.25) is 6.08 Å². The summed E-state index contributed by atoms with van der Waals surface area (Å²) < 4.78 is 6.96. The number of carbonyl (C=O) groups excluding carboxylic acids is 1. The highest BCUT2D eigenvalue weighted by Crippen LogP contribution is 2.35. The molecule has 0 aliphatic carbocycles. The average Bonchev–Trinajstić information content (AvgIpc) is 2.55. The standard InChI is InChI=1S/C11H9ClN2O2/c1-14-5-9(13-6-15)7-3-11(16-2)8(12)4-10(7)14/h3-5H,1-2H3. The van der Waals surface area contributed by atoms with E-state index in [0.29, 0.717) is 16.5 Å². The molecule has 0 saturated heterocycles. The number of benzene rings is 1. The van der Waals surface area contributed by atoms with E-state index >= 15 is 0 Å². The highest BCUT2D eigenvalue weighted by atomic mass is 35.5. The molecule has 4 nitrogen and oxygen atoms in total. The van der Waals surface area contributed by atoms with Crippen molar-refractivity contribution in [2.24, 2.45) is 12.0 Å². The second-order valence-corrected chi connectivity index (χ2v) is 3.74. The third-order valence-corrected chi connectivity index (χ3v) is 2.70. The van der Waals surface area contributed by atoms with Gasteiger partial charge in [0.05, 0.1) is 17.6 Å². The third-order valence-electron chi connectivity index (χ3n) is 2.41. The maximum atomic E-state index is 10.3. The van der Waals surface area contributed by atoms with Crippen LogP contribution in [0, 0.1) is 0 Å². The fourth-order valence-corrected chi connectivity index (χ4v) is 1.89. The Bertz CT molecular complexity index is 598. The van der Waals surface area contributed by atoms with E-state index in [2.05, 4.69) is 4.99 Å². The minimum atomic E-state index is 0.526. The first-order chi connectivity index (χ1) is 7.67. The minimum Gasteiger partial charge on any atom is -0.495 e. The fourth-order valence-electron chi connectivity index (χ4n) is 1.66. The van der Waals surface area contributed by atoms with Gasteiger partial charge in [-0.15, -0.1) is 0 Å². The zero-order valence-corrected chi connectivity index (χ0v) is 9.58. The van der Waals surface area contributed by atoms with Crippen LogP contribution in [-0.4, -0.2) is 17.8 Å². The number of hydrogen-bond acceptors (Lipinski definition) is 3. The normalized spacial score (nSPS) is 10.2. The molecule has 2 rings (SSSR count). The predicted molar refractivity (Wildman–Crippen MR) is 62.3 cm³/mol. The van der Waals surface area contributed by atoms with Crippen LogP contribution in [0.5, 0.6) is 5.75 Å². The van der Waals surface area contributed by atoms with Gasteiger partial charge in [-0.05, 0) is 12.1 Å². The molecule has 2 aromatic rings. The molecule has 1 aromatic carbocycles. The lowest BCUT2D eigenvalue weighted by Gasteiger charge is -2.03. The summed E-state index contributed by atoms with van der Waals surface area (Å²) in [6.45, 7) is 0. The molecule has 5 heteroatoms. The maximum Gasteiger partial charge on any atom is 0.240 e. The van der Waals surface area contributed by atoms with E-state index in [9.17, 15) is 4.79 Å².